The number of amides is 2. The molecule has 2 aliphatic rings. The molecule has 0 N–H and O–H groups in total. The molecule has 0 radical (unpaired) electrons. The van der Waals surface area contributed by atoms with Crippen LogP contribution < -0.4 is 0 Å². The minimum absolute atomic E-state index is 0.0724. The number of piperidine rings is 1. The Hall–Kier alpha value is -3.26. The smallest absolute Gasteiger partial charge is 0.290 e. The molecular weight excluding hydrogens is 420 g/mol. The van der Waals surface area contributed by atoms with Gasteiger partial charge in [0.15, 0.2) is 11.6 Å². The van der Waals surface area contributed by atoms with Gasteiger partial charge in [0.2, 0.25) is 0 Å². The maximum Gasteiger partial charge on any atom is 0.290 e. The molecule has 5 rings (SSSR count). The van der Waals surface area contributed by atoms with Gasteiger partial charge in [-0.3, -0.25) is 9.59 Å². The van der Waals surface area contributed by atoms with Crippen molar-refractivity contribution in [1.82, 2.24) is 19.8 Å². The lowest BCUT2D eigenvalue weighted by Gasteiger charge is -2.34. The number of para-hydroxylation sites is 1. The fraction of sp³-hybridized carbons (Fsp3) is 0.440. The second-order valence-electron chi connectivity index (χ2n) is 8.69. The summed E-state index contributed by atoms with van der Waals surface area (Å²) >= 11 is 0. The van der Waals surface area contributed by atoms with Gasteiger partial charge in [0.25, 0.3) is 11.8 Å². The van der Waals surface area contributed by atoms with E-state index in [-0.39, 0.29) is 17.9 Å². The van der Waals surface area contributed by atoms with Gasteiger partial charge < -0.3 is 19.0 Å². The molecule has 2 amide bonds. The first-order chi connectivity index (χ1) is 16.0. The van der Waals surface area contributed by atoms with E-state index in [1.807, 2.05) is 43.0 Å². The van der Waals surface area contributed by atoms with Crippen LogP contribution >= 0.6 is 0 Å². The van der Waals surface area contributed by atoms with Gasteiger partial charge in [-0.2, -0.15) is 0 Å². The first kappa shape index (κ1) is 21.6. The molecular formula is C25H28N4O4. The summed E-state index contributed by atoms with van der Waals surface area (Å²) in [4.78, 5) is 39.3. The van der Waals surface area contributed by atoms with Crippen molar-refractivity contribution in [1.29, 1.82) is 0 Å². The fourth-order valence-electron chi connectivity index (χ4n) is 4.74. The van der Waals surface area contributed by atoms with E-state index in [1.54, 1.807) is 11.1 Å². The molecule has 0 saturated carbocycles. The van der Waals surface area contributed by atoms with Crippen molar-refractivity contribution in [2.45, 2.75) is 39.2 Å². The number of rotatable bonds is 3. The van der Waals surface area contributed by atoms with Crippen molar-refractivity contribution < 1.29 is 18.7 Å². The summed E-state index contributed by atoms with van der Waals surface area (Å²) in [5.74, 6) is 0.742. The van der Waals surface area contributed by atoms with Gasteiger partial charge in [0.05, 0.1) is 30.5 Å². The Labute approximate surface area is 192 Å². The Morgan fingerprint density at radius 3 is 2.58 bits per heavy atom. The molecule has 2 saturated heterocycles. The number of benzene rings is 1. The van der Waals surface area contributed by atoms with E-state index >= 15 is 0 Å². The highest BCUT2D eigenvalue weighted by Crippen LogP contribution is 2.33. The van der Waals surface area contributed by atoms with Crippen LogP contribution in [0, 0.1) is 13.8 Å². The minimum Gasteiger partial charge on any atom is -0.451 e. The van der Waals surface area contributed by atoms with Crippen LogP contribution in [0.1, 0.15) is 63.3 Å². The second kappa shape index (κ2) is 8.94. The molecule has 1 aromatic carbocycles. The van der Waals surface area contributed by atoms with E-state index in [2.05, 4.69) is 9.97 Å². The number of aromatic nitrogens is 2. The minimum atomic E-state index is -0.245. The van der Waals surface area contributed by atoms with Crippen molar-refractivity contribution in [3.63, 3.8) is 0 Å². The van der Waals surface area contributed by atoms with E-state index < -0.39 is 0 Å². The van der Waals surface area contributed by atoms with Gasteiger partial charge in [0, 0.05) is 36.8 Å². The van der Waals surface area contributed by atoms with Gasteiger partial charge in [-0.25, -0.2) is 9.97 Å². The van der Waals surface area contributed by atoms with E-state index in [0.29, 0.717) is 61.3 Å². The highest BCUT2D eigenvalue weighted by molar-refractivity contribution is 5.99. The van der Waals surface area contributed by atoms with E-state index in [1.165, 1.54) is 0 Å². The third-order valence-electron chi connectivity index (χ3n) is 6.63. The summed E-state index contributed by atoms with van der Waals surface area (Å²) in [6.07, 6.45) is 4.30. The molecule has 4 heterocycles. The fourth-order valence-corrected chi connectivity index (χ4v) is 4.74. The van der Waals surface area contributed by atoms with Crippen molar-refractivity contribution >= 4 is 22.8 Å². The normalized spacial score (nSPS) is 19.2. The Bertz CT molecular complexity index is 1200. The zero-order chi connectivity index (χ0) is 22.9. The molecule has 0 unspecified atom stereocenters. The highest BCUT2D eigenvalue weighted by atomic mass is 16.5. The summed E-state index contributed by atoms with van der Waals surface area (Å²) in [7, 11) is 0. The summed E-state index contributed by atoms with van der Waals surface area (Å²) in [5, 5.41) is 0.951. The molecule has 0 bridgehead atoms. The van der Waals surface area contributed by atoms with Gasteiger partial charge >= 0.3 is 0 Å². The molecule has 3 aromatic rings. The molecule has 8 nitrogen and oxygen atoms in total. The maximum atomic E-state index is 13.5. The Morgan fingerprint density at radius 2 is 1.82 bits per heavy atom. The third-order valence-corrected chi connectivity index (χ3v) is 6.63. The Morgan fingerprint density at radius 1 is 1.03 bits per heavy atom. The average molecular weight is 449 g/mol. The van der Waals surface area contributed by atoms with Crippen molar-refractivity contribution in [3.8, 4) is 0 Å². The number of nitrogens with zero attached hydrogens (tertiary/aromatic N) is 4. The van der Waals surface area contributed by atoms with Gasteiger partial charge in [-0.1, -0.05) is 18.2 Å². The molecule has 2 aromatic heterocycles. The summed E-state index contributed by atoms with van der Waals surface area (Å²) in [6, 6.07) is 7.45. The number of aryl methyl sites for hydroxylation is 2. The summed E-state index contributed by atoms with van der Waals surface area (Å²) < 4.78 is 11.3. The molecule has 33 heavy (non-hydrogen) atoms. The number of likely N-dealkylation sites (tertiary alicyclic amines) is 1. The SMILES string of the molecule is Cc1nc([C@@H]2CCCCN2C(=O)c2oc3ccccc3c2C)ncc1C(=O)N1CCOCC1. The zero-order valence-corrected chi connectivity index (χ0v) is 19.0. The number of carbonyl (C=O) groups excluding carboxylic acids is 2. The van der Waals surface area contributed by atoms with Gasteiger partial charge in [0.1, 0.15) is 5.58 Å². The van der Waals surface area contributed by atoms with Crippen LogP contribution in [0.2, 0.25) is 0 Å². The predicted molar refractivity (Wildman–Crippen MR) is 122 cm³/mol. The summed E-state index contributed by atoms with van der Waals surface area (Å²) in [6.45, 7) is 6.61. The predicted octanol–water partition coefficient (Wildman–Crippen LogP) is 3.68. The van der Waals surface area contributed by atoms with E-state index in [4.69, 9.17) is 9.15 Å². The van der Waals surface area contributed by atoms with Crippen molar-refractivity contribution in [2.24, 2.45) is 0 Å². The van der Waals surface area contributed by atoms with Crippen LogP contribution in [0.3, 0.4) is 0 Å². The average Bonchev–Trinajstić information content (AvgIpc) is 3.20. The number of morpholine rings is 1. The van der Waals surface area contributed by atoms with Gasteiger partial charge in [-0.15, -0.1) is 0 Å². The largest absolute Gasteiger partial charge is 0.451 e. The molecule has 2 aliphatic heterocycles. The van der Waals surface area contributed by atoms with Crippen molar-refractivity contribution in [3.05, 3.63) is 58.9 Å². The second-order valence-corrected chi connectivity index (χ2v) is 8.69. The van der Waals surface area contributed by atoms with Crippen LogP contribution in [-0.4, -0.2) is 64.4 Å². The topological polar surface area (TPSA) is 88.8 Å². The monoisotopic (exact) mass is 448 g/mol. The van der Waals surface area contributed by atoms with E-state index in [9.17, 15) is 9.59 Å². The van der Waals surface area contributed by atoms with E-state index in [0.717, 1.165) is 30.2 Å². The van der Waals surface area contributed by atoms with Crippen LogP contribution in [-0.2, 0) is 4.74 Å². The molecule has 8 heteroatoms. The first-order valence-corrected chi connectivity index (χ1v) is 11.5. The lowest BCUT2D eigenvalue weighted by Crippen LogP contribution is -2.41. The zero-order valence-electron chi connectivity index (χ0n) is 19.0. The first-order valence-electron chi connectivity index (χ1n) is 11.5. The van der Waals surface area contributed by atoms with Gasteiger partial charge in [-0.05, 0) is 39.2 Å². The quantitative estimate of drug-likeness (QED) is 0.607. The van der Waals surface area contributed by atoms with Crippen LogP contribution in [0.15, 0.2) is 34.9 Å². The standard InChI is InChI=1S/C25H28N4O4/c1-16-18-7-3-4-9-21(18)33-22(16)25(31)29-10-6-5-8-20(29)23-26-15-19(17(2)27-23)24(30)28-11-13-32-14-12-28/h3-4,7,9,15,20H,5-6,8,10-14H2,1-2H3/t20-/m0/s1. The molecule has 172 valence electrons. The summed E-state index contributed by atoms with van der Waals surface area (Å²) in [5.41, 5.74) is 2.70. The molecule has 0 aliphatic carbocycles. The van der Waals surface area contributed by atoms with Crippen LogP contribution in [0.25, 0.3) is 11.0 Å². The number of carbonyl (C=O) groups is 2. The number of ether oxygens (including phenoxy) is 1. The lowest BCUT2D eigenvalue weighted by molar-refractivity contribution is 0.0301. The van der Waals surface area contributed by atoms with Crippen LogP contribution in [0.5, 0.6) is 0 Å². The van der Waals surface area contributed by atoms with Crippen molar-refractivity contribution in [2.75, 3.05) is 32.8 Å². The Balaban J connectivity index is 1.42. The van der Waals surface area contributed by atoms with Crippen LogP contribution in [0.4, 0.5) is 0 Å². The lowest BCUT2D eigenvalue weighted by atomic mass is 10.00. The number of hydrogen-bond acceptors (Lipinski definition) is 6. The number of furan rings is 1. The maximum absolute atomic E-state index is 13.5. The number of fused-ring (bicyclic) bond motifs is 1. The molecule has 0 spiro atoms. The third kappa shape index (κ3) is 3.99. The number of hydrogen-bond donors (Lipinski definition) is 0. The molecule has 1 atom stereocenters. The highest BCUT2D eigenvalue weighted by Gasteiger charge is 2.34. The Kier molecular flexibility index (Phi) is 5.85. The molecule has 2 fully saturated rings.